The molecule has 0 bridgehead atoms. The molecule has 1 heterocycles. The minimum Gasteiger partial charge on any atom is -0.399 e. The van der Waals surface area contributed by atoms with Crippen LogP contribution in [0.4, 0.5) is 17.3 Å². The number of hydrogen-bond acceptors (Lipinski definition) is 3. The van der Waals surface area contributed by atoms with E-state index in [0.717, 1.165) is 28.4 Å². The third-order valence-electron chi connectivity index (χ3n) is 3.52. The van der Waals surface area contributed by atoms with Crippen molar-refractivity contribution in [1.29, 1.82) is 0 Å². The van der Waals surface area contributed by atoms with Crippen LogP contribution >= 0.6 is 0 Å². The number of rotatable bonds is 2. The molecule has 0 spiro atoms. The van der Waals surface area contributed by atoms with E-state index in [0.29, 0.717) is 0 Å². The Labute approximate surface area is 118 Å². The summed E-state index contributed by atoms with van der Waals surface area (Å²) < 4.78 is 0. The Hall–Kier alpha value is -2.49. The van der Waals surface area contributed by atoms with Gasteiger partial charge in [0.2, 0.25) is 5.95 Å². The van der Waals surface area contributed by atoms with Crippen molar-refractivity contribution in [3.8, 4) is 0 Å². The molecule has 0 saturated carbocycles. The van der Waals surface area contributed by atoms with Gasteiger partial charge < -0.3 is 15.6 Å². The normalized spacial score (nSPS) is 10.9. The summed E-state index contributed by atoms with van der Waals surface area (Å²) >= 11 is 0. The van der Waals surface area contributed by atoms with Gasteiger partial charge >= 0.3 is 0 Å². The summed E-state index contributed by atoms with van der Waals surface area (Å²) in [5.41, 5.74) is 12.0. The second-order valence-corrected chi connectivity index (χ2v) is 5.19. The maximum Gasteiger partial charge on any atom is 0.208 e. The molecule has 0 atom stereocenters. The van der Waals surface area contributed by atoms with E-state index in [1.165, 1.54) is 11.1 Å². The molecule has 0 aliphatic heterocycles. The predicted molar refractivity (Wildman–Crippen MR) is 84.5 cm³/mol. The fraction of sp³-hybridized carbons (Fsp3) is 0.188. The summed E-state index contributed by atoms with van der Waals surface area (Å²) in [7, 11) is 2.01. The number of hydrogen-bond donors (Lipinski definition) is 2. The number of benzene rings is 2. The lowest BCUT2D eigenvalue weighted by molar-refractivity contribution is 1.09. The van der Waals surface area contributed by atoms with Crippen molar-refractivity contribution < 1.29 is 0 Å². The first-order chi connectivity index (χ1) is 9.54. The predicted octanol–water partition coefficient (Wildman–Crippen LogP) is 3.53. The summed E-state index contributed by atoms with van der Waals surface area (Å²) in [6, 6.07) is 12.1. The molecule has 0 aliphatic carbocycles. The van der Waals surface area contributed by atoms with E-state index < -0.39 is 0 Å². The quantitative estimate of drug-likeness (QED) is 0.698. The molecule has 4 heteroatoms. The molecular formula is C16H18N4. The van der Waals surface area contributed by atoms with Crippen LogP contribution in [0.25, 0.3) is 11.0 Å². The van der Waals surface area contributed by atoms with Gasteiger partial charge in [-0.2, -0.15) is 0 Å². The average Bonchev–Trinajstić information content (AvgIpc) is 2.81. The number of imidazole rings is 1. The molecule has 0 unspecified atom stereocenters. The van der Waals surface area contributed by atoms with E-state index in [9.17, 15) is 0 Å². The first-order valence-electron chi connectivity index (χ1n) is 6.61. The van der Waals surface area contributed by atoms with E-state index in [-0.39, 0.29) is 0 Å². The number of aromatic amines is 1. The van der Waals surface area contributed by atoms with E-state index in [1.807, 2.05) is 25.2 Å². The first kappa shape index (κ1) is 12.5. The van der Waals surface area contributed by atoms with Crippen molar-refractivity contribution in [3.05, 3.63) is 47.5 Å². The zero-order valence-corrected chi connectivity index (χ0v) is 11.9. The molecule has 4 nitrogen and oxygen atoms in total. The number of nitrogens with two attached hydrogens (primary N) is 1. The van der Waals surface area contributed by atoms with E-state index in [1.54, 1.807) is 0 Å². The van der Waals surface area contributed by atoms with E-state index >= 15 is 0 Å². The minimum absolute atomic E-state index is 0.738. The monoisotopic (exact) mass is 266 g/mol. The zero-order chi connectivity index (χ0) is 14.3. The van der Waals surface area contributed by atoms with Crippen LogP contribution in [-0.4, -0.2) is 17.0 Å². The van der Waals surface area contributed by atoms with Crippen molar-refractivity contribution >= 4 is 28.4 Å². The average molecular weight is 266 g/mol. The molecule has 0 fully saturated rings. The highest BCUT2D eigenvalue weighted by Crippen LogP contribution is 2.27. The molecule has 0 radical (unpaired) electrons. The molecule has 3 rings (SSSR count). The Morgan fingerprint density at radius 1 is 1.10 bits per heavy atom. The molecule has 20 heavy (non-hydrogen) atoms. The number of H-pyrrole nitrogens is 1. The molecule has 1 aromatic heterocycles. The van der Waals surface area contributed by atoms with Crippen LogP contribution in [0.1, 0.15) is 11.1 Å². The molecule has 0 amide bonds. The SMILES string of the molecule is Cc1ccc(N(C)c2nc3ccc(N)cc3[nH]2)c(C)c1. The first-order valence-corrected chi connectivity index (χ1v) is 6.61. The summed E-state index contributed by atoms with van der Waals surface area (Å²) in [6.07, 6.45) is 0. The molecule has 3 N–H and O–H groups in total. The highest BCUT2D eigenvalue weighted by atomic mass is 15.2. The number of nitrogens with one attached hydrogen (secondary N) is 1. The highest BCUT2D eigenvalue weighted by Gasteiger charge is 2.11. The number of aryl methyl sites for hydroxylation is 2. The maximum absolute atomic E-state index is 5.80. The molecule has 3 aromatic rings. The zero-order valence-electron chi connectivity index (χ0n) is 11.9. The molecule has 102 valence electrons. The summed E-state index contributed by atoms with van der Waals surface area (Å²) in [5, 5.41) is 0. The topological polar surface area (TPSA) is 57.9 Å². The Balaban J connectivity index is 2.05. The molecule has 0 aliphatic rings. The lowest BCUT2D eigenvalue weighted by Gasteiger charge is -2.18. The fourth-order valence-electron chi connectivity index (χ4n) is 2.47. The Bertz CT molecular complexity index is 773. The fourth-order valence-corrected chi connectivity index (χ4v) is 2.47. The van der Waals surface area contributed by atoms with Crippen molar-refractivity contribution in [3.63, 3.8) is 0 Å². The Morgan fingerprint density at radius 2 is 1.90 bits per heavy atom. The summed E-state index contributed by atoms with van der Waals surface area (Å²) in [5.74, 6) is 0.817. The van der Waals surface area contributed by atoms with Crippen molar-refractivity contribution in [2.24, 2.45) is 0 Å². The van der Waals surface area contributed by atoms with Gasteiger partial charge in [0.15, 0.2) is 0 Å². The van der Waals surface area contributed by atoms with Crippen LogP contribution in [0.3, 0.4) is 0 Å². The third-order valence-corrected chi connectivity index (χ3v) is 3.52. The minimum atomic E-state index is 0.738. The summed E-state index contributed by atoms with van der Waals surface area (Å²) in [4.78, 5) is 9.98. The van der Waals surface area contributed by atoms with Crippen molar-refractivity contribution in [1.82, 2.24) is 9.97 Å². The van der Waals surface area contributed by atoms with E-state index in [4.69, 9.17) is 5.73 Å². The number of aromatic nitrogens is 2. The molecular weight excluding hydrogens is 248 g/mol. The van der Waals surface area contributed by atoms with Crippen LogP contribution in [0.2, 0.25) is 0 Å². The summed E-state index contributed by atoms with van der Waals surface area (Å²) in [6.45, 7) is 4.21. The van der Waals surface area contributed by atoms with Gasteiger partial charge in [-0.3, -0.25) is 0 Å². The van der Waals surface area contributed by atoms with Crippen molar-refractivity contribution in [2.45, 2.75) is 13.8 Å². The smallest absolute Gasteiger partial charge is 0.208 e. The van der Waals surface area contributed by atoms with Crippen LogP contribution in [-0.2, 0) is 0 Å². The van der Waals surface area contributed by atoms with Gasteiger partial charge in [0.25, 0.3) is 0 Å². The largest absolute Gasteiger partial charge is 0.399 e. The van der Waals surface area contributed by atoms with Gasteiger partial charge in [0.05, 0.1) is 11.0 Å². The highest BCUT2D eigenvalue weighted by molar-refractivity contribution is 5.82. The molecule has 0 saturated heterocycles. The second-order valence-electron chi connectivity index (χ2n) is 5.19. The van der Waals surface area contributed by atoms with Gasteiger partial charge in [-0.05, 0) is 43.7 Å². The van der Waals surface area contributed by atoms with Gasteiger partial charge in [0.1, 0.15) is 0 Å². The number of nitrogens with zero attached hydrogens (tertiary/aromatic N) is 2. The Kier molecular flexibility index (Phi) is 2.86. The lowest BCUT2D eigenvalue weighted by atomic mass is 10.1. The van der Waals surface area contributed by atoms with Crippen LogP contribution in [0, 0.1) is 13.8 Å². The van der Waals surface area contributed by atoms with Crippen LogP contribution in [0.5, 0.6) is 0 Å². The molecule has 2 aromatic carbocycles. The van der Waals surface area contributed by atoms with Gasteiger partial charge in [-0.1, -0.05) is 17.7 Å². The number of anilines is 3. The Morgan fingerprint density at radius 3 is 2.65 bits per heavy atom. The standard InChI is InChI=1S/C16H18N4/c1-10-4-7-15(11(2)8-10)20(3)16-18-13-6-5-12(17)9-14(13)19-16/h4-9H,17H2,1-3H3,(H,18,19). The van der Waals surface area contributed by atoms with Gasteiger partial charge in [-0.25, -0.2) is 4.98 Å². The number of fused-ring (bicyclic) bond motifs is 1. The number of nitrogen functional groups attached to an aromatic ring is 1. The van der Waals surface area contributed by atoms with Crippen LogP contribution in [0.15, 0.2) is 36.4 Å². The maximum atomic E-state index is 5.80. The van der Waals surface area contributed by atoms with Crippen molar-refractivity contribution in [2.75, 3.05) is 17.7 Å². The van der Waals surface area contributed by atoms with Gasteiger partial charge in [0, 0.05) is 18.4 Å². The van der Waals surface area contributed by atoms with Gasteiger partial charge in [-0.15, -0.1) is 0 Å². The van der Waals surface area contributed by atoms with E-state index in [2.05, 4.69) is 46.9 Å². The third kappa shape index (κ3) is 2.09. The lowest BCUT2D eigenvalue weighted by Crippen LogP contribution is -2.12. The second kappa shape index (κ2) is 4.56. The van der Waals surface area contributed by atoms with Crippen LogP contribution < -0.4 is 10.6 Å².